The Bertz CT molecular complexity index is 729. The fraction of sp³-hybridized carbons (Fsp3) is 0.250. The molecule has 100 valence electrons. The second kappa shape index (κ2) is 4.72. The highest BCUT2D eigenvalue weighted by Gasteiger charge is 2.20. The molecule has 4 heteroatoms. The van der Waals surface area contributed by atoms with Gasteiger partial charge < -0.3 is 5.32 Å². The van der Waals surface area contributed by atoms with E-state index in [4.69, 9.17) is 4.98 Å². The summed E-state index contributed by atoms with van der Waals surface area (Å²) in [5, 5.41) is 9.00. The third kappa shape index (κ3) is 2.18. The van der Waals surface area contributed by atoms with Crippen molar-refractivity contribution in [1.29, 1.82) is 0 Å². The monoisotopic (exact) mass is 264 g/mol. The predicted octanol–water partition coefficient (Wildman–Crippen LogP) is 2.67. The summed E-state index contributed by atoms with van der Waals surface area (Å²) in [6.45, 7) is 0.823. The van der Waals surface area contributed by atoms with E-state index in [-0.39, 0.29) is 0 Å². The minimum Gasteiger partial charge on any atom is -0.308 e. The Morgan fingerprint density at radius 3 is 2.90 bits per heavy atom. The number of fused-ring (bicyclic) bond motifs is 1. The third-order valence-corrected chi connectivity index (χ3v) is 3.65. The van der Waals surface area contributed by atoms with Gasteiger partial charge in [0.2, 0.25) is 0 Å². The van der Waals surface area contributed by atoms with Gasteiger partial charge in [0.15, 0.2) is 0 Å². The molecule has 1 aromatic carbocycles. The average molecular weight is 264 g/mol. The highest BCUT2D eigenvalue weighted by atomic mass is 15.3. The van der Waals surface area contributed by atoms with E-state index in [1.807, 2.05) is 29.1 Å². The SMILES string of the molecule is c1ccc2c(-n3cccn3)cc(CNC3CC3)nc2c1. The van der Waals surface area contributed by atoms with Gasteiger partial charge in [-0.1, -0.05) is 18.2 Å². The molecule has 2 aromatic heterocycles. The number of rotatable bonds is 4. The van der Waals surface area contributed by atoms with Crippen molar-refractivity contribution in [2.24, 2.45) is 0 Å². The smallest absolute Gasteiger partial charge is 0.0758 e. The lowest BCUT2D eigenvalue weighted by Crippen LogP contribution is -2.16. The summed E-state index contributed by atoms with van der Waals surface area (Å²) in [6.07, 6.45) is 6.36. The van der Waals surface area contributed by atoms with E-state index in [9.17, 15) is 0 Å². The molecule has 1 aliphatic carbocycles. The van der Waals surface area contributed by atoms with Gasteiger partial charge in [0.1, 0.15) is 0 Å². The molecule has 1 saturated carbocycles. The first-order valence-corrected chi connectivity index (χ1v) is 7.02. The van der Waals surface area contributed by atoms with Gasteiger partial charge in [-0.3, -0.25) is 4.98 Å². The number of nitrogens with one attached hydrogen (secondary N) is 1. The fourth-order valence-electron chi connectivity index (χ4n) is 2.44. The van der Waals surface area contributed by atoms with E-state index < -0.39 is 0 Å². The Morgan fingerprint density at radius 2 is 2.10 bits per heavy atom. The standard InChI is InChI=1S/C16H16N4/c1-2-5-15-14(4-1)16(20-9-3-8-18-20)10-13(19-15)11-17-12-6-7-12/h1-5,8-10,12,17H,6-7,11H2. The van der Waals surface area contributed by atoms with Crippen LogP contribution in [-0.2, 0) is 6.54 Å². The molecule has 4 nitrogen and oxygen atoms in total. The molecule has 20 heavy (non-hydrogen) atoms. The van der Waals surface area contributed by atoms with Crippen molar-refractivity contribution in [3.63, 3.8) is 0 Å². The van der Waals surface area contributed by atoms with Crippen molar-refractivity contribution in [2.45, 2.75) is 25.4 Å². The van der Waals surface area contributed by atoms with E-state index in [0.717, 1.165) is 28.8 Å². The van der Waals surface area contributed by atoms with Gasteiger partial charge in [0.05, 0.1) is 16.9 Å². The minimum atomic E-state index is 0.691. The van der Waals surface area contributed by atoms with E-state index in [2.05, 4.69) is 28.6 Å². The van der Waals surface area contributed by atoms with Crippen LogP contribution < -0.4 is 5.32 Å². The van der Waals surface area contributed by atoms with Crippen LogP contribution in [0.3, 0.4) is 0 Å². The topological polar surface area (TPSA) is 42.7 Å². The summed E-state index contributed by atoms with van der Waals surface area (Å²) >= 11 is 0. The van der Waals surface area contributed by atoms with Crippen LogP contribution in [0.1, 0.15) is 18.5 Å². The second-order valence-electron chi connectivity index (χ2n) is 5.26. The van der Waals surface area contributed by atoms with Crippen LogP contribution in [0.2, 0.25) is 0 Å². The van der Waals surface area contributed by atoms with Crippen LogP contribution in [0.15, 0.2) is 48.8 Å². The van der Waals surface area contributed by atoms with Crippen molar-refractivity contribution >= 4 is 10.9 Å². The molecule has 1 N–H and O–H groups in total. The number of hydrogen-bond acceptors (Lipinski definition) is 3. The van der Waals surface area contributed by atoms with E-state index in [1.54, 1.807) is 6.20 Å². The van der Waals surface area contributed by atoms with Crippen LogP contribution in [0.4, 0.5) is 0 Å². The summed E-state index contributed by atoms with van der Waals surface area (Å²) in [5.74, 6) is 0. The van der Waals surface area contributed by atoms with Gasteiger partial charge in [-0.2, -0.15) is 5.10 Å². The Kier molecular flexibility index (Phi) is 2.74. The molecule has 0 saturated heterocycles. The van der Waals surface area contributed by atoms with Gasteiger partial charge >= 0.3 is 0 Å². The molecule has 1 fully saturated rings. The molecular formula is C16H16N4. The molecule has 1 aliphatic rings. The van der Waals surface area contributed by atoms with Crippen LogP contribution in [0, 0.1) is 0 Å². The summed E-state index contributed by atoms with van der Waals surface area (Å²) in [7, 11) is 0. The van der Waals surface area contributed by atoms with Gasteiger partial charge in [-0.15, -0.1) is 0 Å². The molecule has 0 atom stereocenters. The van der Waals surface area contributed by atoms with Crippen molar-refractivity contribution in [3.8, 4) is 5.69 Å². The van der Waals surface area contributed by atoms with Crippen molar-refractivity contribution in [1.82, 2.24) is 20.1 Å². The molecule has 0 aliphatic heterocycles. The van der Waals surface area contributed by atoms with Crippen molar-refractivity contribution < 1.29 is 0 Å². The van der Waals surface area contributed by atoms with Gasteiger partial charge in [-0.05, 0) is 31.0 Å². The highest BCUT2D eigenvalue weighted by Crippen LogP contribution is 2.23. The Labute approximate surface area is 117 Å². The molecule has 3 aromatic rings. The summed E-state index contributed by atoms with van der Waals surface area (Å²) < 4.78 is 1.91. The zero-order chi connectivity index (χ0) is 13.4. The molecule has 0 unspecified atom stereocenters. The predicted molar refractivity (Wildman–Crippen MR) is 78.7 cm³/mol. The van der Waals surface area contributed by atoms with E-state index >= 15 is 0 Å². The van der Waals surface area contributed by atoms with Crippen LogP contribution in [0.5, 0.6) is 0 Å². The first-order valence-electron chi connectivity index (χ1n) is 7.02. The van der Waals surface area contributed by atoms with Crippen LogP contribution in [0.25, 0.3) is 16.6 Å². The summed E-state index contributed by atoms with van der Waals surface area (Å²) in [4.78, 5) is 4.74. The number of hydrogen-bond donors (Lipinski definition) is 1. The van der Waals surface area contributed by atoms with Crippen LogP contribution >= 0.6 is 0 Å². The lowest BCUT2D eigenvalue weighted by molar-refractivity contribution is 0.675. The Balaban J connectivity index is 1.81. The normalized spacial score (nSPS) is 14.8. The quantitative estimate of drug-likeness (QED) is 0.788. The van der Waals surface area contributed by atoms with E-state index in [0.29, 0.717) is 6.04 Å². The third-order valence-electron chi connectivity index (χ3n) is 3.65. The number of nitrogens with zero attached hydrogens (tertiary/aromatic N) is 3. The fourth-order valence-corrected chi connectivity index (χ4v) is 2.44. The minimum absolute atomic E-state index is 0.691. The summed E-state index contributed by atoms with van der Waals surface area (Å²) in [5.41, 5.74) is 3.18. The maximum atomic E-state index is 4.74. The highest BCUT2D eigenvalue weighted by molar-refractivity contribution is 5.87. The molecule has 0 bridgehead atoms. The van der Waals surface area contributed by atoms with E-state index in [1.165, 1.54) is 12.8 Å². The largest absolute Gasteiger partial charge is 0.308 e. The molecular weight excluding hydrogens is 248 g/mol. The molecule has 2 heterocycles. The first kappa shape index (κ1) is 11.6. The molecule has 0 amide bonds. The number of pyridine rings is 1. The zero-order valence-corrected chi connectivity index (χ0v) is 11.2. The van der Waals surface area contributed by atoms with Crippen molar-refractivity contribution in [3.05, 3.63) is 54.5 Å². The Morgan fingerprint density at radius 1 is 1.20 bits per heavy atom. The first-order chi connectivity index (χ1) is 9.90. The lowest BCUT2D eigenvalue weighted by Gasteiger charge is -2.10. The molecule has 0 spiro atoms. The Hall–Kier alpha value is -2.20. The zero-order valence-electron chi connectivity index (χ0n) is 11.2. The van der Waals surface area contributed by atoms with Gasteiger partial charge in [0.25, 0.3) is 0 Å². The second-order valence-corrected chi connectivity index (χ2v) is 5.26. The van der Waals surface area contributed by atoms with Crippen LogP contribution in [-0.4, -0.2) is 20.8 Å². The summed E-state index contributed by atoms with van der Waals surface area (Å²) in [6, 6.07) is 13.0. The maximum Gasteiger partial charge on any atom is 0.0758 e. The molecule has 0 radical (unpaired) electrons. The lowest BCUT2D eigenvalue weighted by atomic mass is 10.1. The van der Waals surface area contributed by atoms with Gasteiger partial charge in [-0.25, -0.2) is 4.68 Å². The number of aromatic nitrogens is 3. The maximum absolute atomic E-state index is 4.74. The molecule has 4 rings (SSSR count). The average Bonchev–Trinajstić information content (AvgIpc) is 3.16. The van der Waals surface area contributed by atoms with Crippen molar-refractivity contribution in [2.75, 3.05) is 0 Å². The number of para-hydroxylation sites is 1. The van der Waals surface area contributed by atoms with Gasteiger partial charge in [0, 0.05) is 30.4 Å². The number of benzene rings is 1.